The van der Waals surface area contributed by atoms with Crippen LogP contribution in [-0.2, 0) is 11.6 Å². The normalized spacial score (nSPS) is 12.9. The van der Waals surface area contributed by atoms with Gasteiger partial charge in [0.05, 0.1) is 0 Å². The lowest BCUT2D eigenvalue weighted by Crippen LogP contribution is -2.39. The first-order valence-corrected chi connectivity index (χ1v) is 4.43. The zero-order valence-corrected chi connectivity index (χ0v) is 8.72. The quantitative estimate of drug-likeness (QED) is 0.486. The van der Waals surface area contributed by atoms with Crippen molar-refractivity contribution in [3.8, 4) is 0 Å². The molecule has 1 aromatic rings. The molecule has 0 aliphatic rings. The van der Waals surface area contributed by atoms with Crippen LogP contribution in [0.15, 0.2) is 18.3 Å². The molecule has 0 aliphatic heterocycles. The maximum absolute atomic E-state index is 12.2. The van der Waals surface area contributed by atoms with Crippen molar-refractivity contribution in [3.63, 3.8) is 0 Å². The molecule has 84 valence electrons. The predicted molar refractivity (Wildman–Crippen MR) is 49.1 cm³/mol. The van der Waals surface area contributed by atoms with Gasteiger partial charge in [-0.3, -0.25) is 0 Å². The van der Waals surface area contributed by atoms with Crippen molar-refractivity contribution < 1.29 is 17.9 Å². The zero-order chi connectivity index (χ0) is 11.9. The molecule has 0 saturated carbocycles. The van der Waals surface area contributed by atoms with Crippen molar-refractivity contribution >= 4 is 0 Å². The van der Waals surface area contributed by atoms with E-state index in [0.717, 1.165) is 6.07 Å². The van der Waals surface area contributed by atoms with E-state index in [1.54, 1.807) is 20.8 Å². The van der Waals surface area contributed by atoms with Crippen molar-refractivity contribution in [2.45, 2.75) is 32.4 Å². The molecule has 2 nitrogen and oxygen atoms in total. The van der Waals surface area contributed by atoms with E-state index in [0.29, 0.717) is 11.9 Å². The van der Waals surface area contributed by atoms with Gasteiger partial charge in [-0.15, -0.1) is 0 Å². The van der Waals surface area contributed by atoms with Crippen LogP contribution in [0.3, 0.4) is 0 Å². The zero-order valence-electron chi connectivity index (χ0n) is 8.72. The first kappa shape index (κ1) is 11.8. The van der Waals surface area contributed by atoms with Crippen molar-refractivity contribution in [1.29, 1.82) is 0 Å². The van der Waals surface area contributed by atoms with Gasteiger partial charge in [-0.05, 0) is 6.07 Å². The van der Waals surface area contributed by atoms with Crippen molar-refractivity contribution in [1.82, 2.24) is 0 Å². The van der Waals surface area contributed by atoms with Gasteiger partial charge < -0.3 is 5.21 Å². The minimum Gasteiger partial charge on any atom is -0.618 e. The highest BCUT2D eigenvalue weighted by atomic mass is 19.4. The molecule has 0 unspecified atom stereocenters. The second-order valence-electron chi connectivity index (χ2n) is 4.38. The van der Waals surface area contributed by atoms with Gasteiger partial charge >= 0.3 is 6.18 Å². The number of nitrogens with zero attached hydrogens (tertiary/aromatic N) is 1. The van der Waals surface area contributed by atoms with Crippen LogP contribution in [0.5, 0.6) is 0 Å². The fourth-order valence-corrected chi connectivity index (χ4v) is 1.23. The summed E-state index contributed by atoms with van der Waals surface area (Å²) in [6, 6.07) is 2.14. The first-order chi connectivity index (χ1) is 6.62. The Balaban J connectivity index is 3.21. The summed E-state index contributed by atoms with van der Waals surface area (Å²) in [4.78, 5) is 0. The van der Waals surface area contributed by atoms with Crippen LogP contribution in [-0.4, -0.2) is 0 Å². The minimum atomic E-state index is -4.47. The average Bonchev–Trinajstić information content (AvgIpc) is 1.99. The Morgan fingerprint density at radius 3 is 2.00 bits per heavy atom. The van der Waals surface area contributed by atoms with E-state index >= 15 is 0 Å². The molecule has 1 heterocycles. The Labute approximate surface area is 85.9 Å². The molecule has 0 amide bonds. The molecule has 0 aromatic carbocycles. The Morgan fingerprint density at radius 1 is 1.13 bits per heavy atom. The van der Waals surface area contributed by atoms with Gasteiger partial charge in [0.15, 0.2) is 11.9 Å². The van der Waals surface area contributed by atoms with Gasteiger partial charge in [0.25, 0.3) is 0 Å². The van der Waals surface area contributed by atoms with Crippen LogP contribution in [0.2, 0.25) is 0 Å². The summed E-state index contributed by atoms with van der Waals surface area (Å²) in [6.45, 7) is 5.30. The molecular formula is C10H12F3NO. The Bertz CT molecular complexity index is 366. The third-order valence-corrected chi connectivity index (χ3v) is 2.01. The lowest BCUT2D eigenvalue weighted by atomic mass is 9.91. The fraction of sp³-hybridized carbons (Fsp3) is 0.500. The molecule has 0 spiro atoms. The Morgan fingerprint density at radius 2 is 1.67 bits per heavy atom. The van der Waals surface area contributed by atoms with E-state index in [1.807, 2.05) is 0 Å². The van der Waals surface area contributed by atoms with E-state index in [2.05, 4.69) is 0 Å². The lowest BCUT2D eigenvalue weighted by molar-refractivity contribution is -0.619. The molecular weight excluding hydrogens is 207 g/mol. The number of hydrogen-bond acceptors (Lipinski definition) is 1. The third-order valence-electron chi connectivity index (χ3n) is 2.01. The van der Waals surface area contributed by atoms with Crippen molar-refractivity contribution in [2.24, 2.45) is 0 Å². The van der Waals surface area contributed by atoms with Crippen LogP contribution >= 0.6 is 0 Å². The maximum atomic E-state index is 12.2. The third kappa shape index (κ3) is 2.61. The topological polar surface area (TPSA) is 26.9 Å². The minimum absolute atomic E-state index is 0.281. The van der Waals surface area contributed by atoms with Crippen LogP contribution in [0.4, 0.5) is 13.2 Å². The highest BCUT2D eigenvalue weighted by molar-refractivity contribution is 5.16. The Hall–Kier alpha value is -1.26. The molecule has 5 heteroatoms. The molecule has 0 radical (unpaired) electrons. The van der Waals surface area contributed by atoms with E-state index in [9.17, 15) is 18.4 Å². The van der Waals surface area contributed by atoms with Crippen molar-refractivity contribution in [3.05, 3.63) is 34.8 Å². The number of rotatable bonds is 0. The van der Waals surface area contributed by atoms with Crippen LogP contribution < -0.4 is 4.73 Å². The first-order valence-electron chi connectivity index (χ1n) is 4.43. The summed E-state index contributed by atoms with van der Waals surface area (Å²) >= 11 is 0. The summed E-state index contributed by atoms with van der Waals surface area (Å²) in [5, 5.41) is 11.4. The summed E-state index contributed by atoms with van der Waals surface area (Å²) in [7, 11) is 0. The monoisotopic (exact) mass is 219 g/mol. The van der Waals surface area contributed by atoms with Gasteiger partial charge in [0.1, 0.15) is 5.56 Å². The molecule has 0 atom stereocenters. The molecule has 1 aromatic heterocycles. The molecule has 0 saturated heterocycles. The van der Waals surface area contributed by atoms with E-state index < -0.39 is 17.2 Å². The molecule has 15 heavy (non-hydrogen) atoms. The SMILES string of the molecule is CC(C)(C)c1ccc(C(F)(F)F)c[n+]1[O-]. The molecule has 0 N–H and O–H groups in total. The van der Waals surface area contributed by atoms with Gasteiger partial charge in [0, 0.05) is 11.5 Å². The standard InChI is InChI=1S/C10H12F3NO/c1-9(2,3)8-5-4-7(6-14(8)15)10(11,12)13/h4-6H,1-3H3. The summed E-state index contributed by atoms with van der Waals surface area (Å²) in [6.07, 6.45) is -3.90. The van der Waals surface area contributed by atoms with Gasteiger partial charge in [-0.25, -0.2) is 0 Å². The van der Waals surface area contributed by atoms with Crippen molar-refractivity contribution in [2.75, 3.05) is 0 Å². The predicted octanol–water partition coefficient (Wildman–Crippen LogP) is 2.64. The Kier molecular flexibility index (Phi) is 2.67. The maximum Gasteiger partial charge on any atom is 0.422 e. The van der Waals surface area contributed by atoms with E-state index in [-0.39, 0.29) is 4.73 Å². The number of hydrogen-bond donors (Lipinski definition) is 0. The summed E-state index contributed by atoms with van der Waals surface area (Å²) < 4.78 is 37.0. The highest BCUT2D eigenvalue weighted by Gasteiger charge is 2.34. The summed E-state index contributed by atoms with van der Waals surface area (Å²) in [5.74, 6) is 0. The highest BCUT2D eigenvalue weighted by Crippen LogP contribution is 2.29. The number of halogens is 3. The van der Waals surface area contributed by atoms with E-state index in [1.165, 1.54) is 6.07 Å². The second-order valence-corrected chi connectivity index (χ2v) is 4.38. The average molecular weight is 219 g/mol. The summed E-state index contributed by atoms with van der Waals surface area (Å²) in [5.41, 5.74) is -1.08. The lowest BCUT2D eigenvalue weighted by Gasteiger charge is -2.18. The van der Waals surface area contributed by atoms with Gasteiger partial charge in [-0.1, -0.05) is 20.8 Å². The molecule has 0 bridgehead atoms. The van der Waals surface area contributed by atoms with Crippen LogP contribution in [0.25, 0.3) is 0 Å². The number of aromatic nitrogens is 1. The number of pyridine rings is 1. The van der Waals surface area contributed by atoms with Gasteiger partial charge in [0.2, 0.25) is 0 Å². The largest absolute Gasteiger partial charge is 0.618 e. The van der Waals surface area contributed by atoms with E-state index in [4.69, 9.17) is 0 Å². The number of alkyl halides is 3. The van der Waals surface area contributed by atoms with Gasteiger partial charge in [-0.2, -0.15) is 17.9 Å². The molecule has 0 fully saturated rings. The van der Waals surface area contributed by atoms with Crippen LogP contribution in [0, 0.1) is 5.21 Å². The smallest absolute Gasteiger partial charge is 0.422 e. The second kappa shape index (κ2) is 3.40. The van der Waals surface area contributed by atoms with Crippen LogP contribution in [0.1, 0.15) is 32.0 Å². The molecule has 0 aliphatic carbocycles. The fourth-order valence-electron chi connectivity index (χ4n) is 1.23. The molecule has 1 rings (SSSR count).